The van der Waals surface area contributed by atoms with Crippen LogP contribution in [0.1, 0.15) is 89.3 Å². The first-order valence-corrected chi connectivity index (χ1v) is 19.4. The molecule has 3 heterocycles. The Kier molecular flexibility index (Phi) is 13.5. The summed E-state index contributed by atoms with van der Waals surface area (Å²) >= 11 is 0. The smallest absolute Gasteiger partial charge is 0.385 e. The summed E-state index contributed by atoms with van der Waals surface area (Å²) in [6.45, 7) is 4.44. The lowest BCUT2D eigenvalue weighted by atomic mass is 9.83. The van der Waals surface area contributed by atoms with Gasteiger partial charge in [-0.15, -0.1) is 0 Å². The summed E-state index contributed by atoms with van der Waals surface area (Å²) in [5.41, 5.74) is 1.11. The molecule has 0 radical (unpaired) electrons. The van der Waals surface area contributed by atoms with Crippen molar-refractivity contribution in [3.05, 3.63) is 141 Å². The number of likely N-dealkylation sites (tertiary alicyclic amines) is 2. The van der Waals surface area contributed by atoms with Gasteiger partial charge in [-0.1, -0.05) is 24.3 Å². The van der Waals surface area contributed by atoms with E-state index < -0.39 is 17.3 Å². The lowest BCUT2D eigenvalue weighted by Crippen LogP contribution is -2.43. The maximum Gasteiger partial charge on any atom is 0.416 e. The monoisotopic (exact) mass is 790 g/mol. The van der Waals surface area contributed by atoms with E-state index in [-0.39, 0.29) is 34.9 Å². The molecule has 2 fully saturated rings. The molecule has 0 atom stereocenters. The zero-order valence-corrected chi connectivity index (χ0v) is 31.6. The van der Waals surface area contributed by atoms with Crippen molar-refractivity contribution < 1.29 is 36.6 Å². The summed E-state index contributed by atoms with van der Waals surface area (Å²) in [4.78, 5) is 44.1. The van der Waals surface area contributed by atoms with Crippen LogP contribution in [0.2, 0.25) is 0 Å². The Morgan fingerprint density at radius 1 is 0.719 bits per heavy atom. The Morgan fingerprint density at radius 3 is 1.79 bits per heavy atom. The van der Waals surface area contributed by atoms with E-state index in [1.165, 1.54) is 48.5 Å². The number of hydrogen-bond acceptors (Lipinski definition) is 6. The zero-order chi connectivity index (χ0) is 40.6. The second-order valence-electron chi connectivity index (χ2n) is 14.9. The van der Waals surface area contributed by atoms with Gasteiger partial charge in [0.1, 0.15) is 11.6 Å². The number of aromatic amines is 1. The van der Waals surface area contributed by atoms with Crippen molar-refractivity contribution >= 4 is 22.6 Å². The van der Waals surface area contributed by atoms with Gasteiger partial charge in [-0.25, -0.2) is 13.6 Å². The number of rotatable bonds is 12. The molecule has 302 valence electrons. The fraction of sp³-hybridized carbons (Fsp3) is 0.386. The van der Waals surface area contributed by atoms with Crippen LogP contribution in [-0.4, -0.2) is 75.3 Å². The maximum atomic E-state index is 12.9. The van der Waals surface area contributed by atoms with Crippen molar-refractivity contribution in [1.29, 1.82) is 0 Å². The number of Topliss-reactive ketones (excluding diaryl/α,β-unsaturated/α-hetero) is 2. The van der Waals surface area contributed by atoms with E-state index in [4.69, 9.17) is 0 Å². The molecule has 2 saturated heterocycles. The van der Waals surface area contributed by atoms with Gasteiger partial charge in [0.05, 0.1) is 22.2 Å². The van der Waals surface area contributed by atoms with Gasteiger partial charge >= 0.3 is 11.9 Å². The minimum atomic E-state index is -4.44. The molecule has 13 heteroatoms. The molecular weight excluding hydrogens is 743 g/mol. The van der Waals surface area contributed by atoms with Crippen LogP contribution >= 0.6 is 0 Å². The highest BCUT2D eigenvalue weighted by Crippen LogP contribution is 2.37. The first kappa shape index (κ1) is 41.6. The number of hydrogen-bond donors (Lipinski definition) is 2. The van der Waals surface area contributed by atoms with Crippen molar-refractivity contribution in [1.82, 2.24) is 19.4 Å². The highest BCUT2D eigenvalue weighted by atomic mass is 19.4. The number of aliphatic hydroxyl groups is 1. The summed E-state index contributed by atoms with van der Waals surface area (Å²) in [7, 11) is 0. The van der Waals surface area contributed by atoms with Crippen LogP contribution in [0.4, 0.5) is 22.0 Å². The van der Waals surface area contributed by atoms with Crippen molar-refractivity contribution in [2.45, 2.75) is 69.2 Å². The van der Waals surface area contributed by atoms with Gasteiger partial charge in [-0.2, -0.15) is 13.2 Å². The molecule has 0 aliphatic carbocycles. The summed E-state index contributed by atoms with van der Waals surface area (Å²) in [5, 5.41) is 10.9. The number of carbonyl (C=O) groups excluding carboxylic acids is 2. The van der Waals surface area contributed by atoms with Crippen LogP contribution in [0.15, 0.2) is 102 Å². The molecule has 0 amide bonds. The second kappa shape index (κ2) is 18.5. The number of aromatic nitrogens is 2. The van der Waals surface area contributed by atoms with E-state index in [0.717, 1.165) is 62.1 Å². The number of imidazole rings is 1. The van der Waals surface area contributed by atoms with E-state index in [1.807, 2.05) is 28.8 Å². The number of H-pyrrole nitrogens is 1. The number of nitrogens with one attached hydrogen (secondary N) is 1. The Labute approximate surface area is 327 Å². The van der Waals surface area contributed by atoms with Gasteiger partial charge in [0.2, 0.25) is 0 Å². The van der Waals surface area contributed by atoms with Crippen LogP contribution in [0.3, 0.4) is 0 Å². The normalized spacial score (nSPS) is 16.6. The Hall–Kier alpha value is -4.98. The third kappa shape index (κ3) is 10.9. The standard InChI is InChI=1S/C22H23F4NO2.C22H24FN3O2/c23-19-8-6-16(7-9-19)20(28)5-2-12-27-13-10-21(29,11-14-27)17-3-1-4-18(15-17)22(24,25)26;23-17-9-7-16(8-10-17)21(27)6-3-13-25-14-11-18(12-15-25)26-20-5-2-1-4-19(20)24-22(26)28/h1,3-4,6-9,15,29H,2,5,10-14H2;1-2,4-5,7-10,18H,3,6,11-15H2,(H,24,28). The number of halogens is 5. The minimum absolute atomic E-state index is 0.0375. The van der Waals surface area contributed by atoms with E-state index in [1.54, 1.807) is 12.1 Å². The van der Waals surface area contributed by atoms with Crippen LogP contribution < -0.4 is 5.69 Å². The number of alkyl halides is 3. The third-order valence-corrected chi connectivity index (χ3v) is 11.0. The van der Waals surface area contributed by atoms with Gasteiger partial charge in [0.25, 0.3) is 0 Å². The van der Waals surface area contributed by atoms with Crippen LogP contribution in [0, 0.1) is 11.6 Å². The molecule has 2 N–H and O–H groups in total. The number of para-hydroxylation sites is 2. The first-order chi connectivity index (χ1) is 27.3. The van der Waals surface area contributed by atoms with Gasteiger partial charge in [-0.05, 0) is 130 Å². The number of fused-ring (bicyclic) bond motifs is 1. The number of benzene rings is 4. The first-order valence-electron chi connectivity index (χ1n) is 19.4. The maximum absolute atomic E-state index is 12.9. The fourth-order valence-corrected chi connectivity index (χ4v) is 7.74. The second-order valence-corrected chi connectivity index (χ2v) is 14.9. The molecule has 0 bridgehead atoms. The minimum Gasteiger partial charge on any atom is -0.385 e. The van der Waals surface area contributed by atoms with Gasteiger partial charge < -0.3 is 19.9 Å². The molecule has 4 aromatic carbocycles. The quantitative estimate of drug-likeness (QED) is 0.0972. The molecule has 0 unspecified atom stereocenters. The van der Waals surface area contributed by atoms with Gasteiger partial charge in [-0.3, -0.25) is 14.2 Å². The summed E-state index contributed by atoms with van der Waals surface area (Å²) in [5.74, 6) is -0.709. The average Bonchev–Trinajstić information content (AvgIpc) is 3.55. The Morgan fingerprint density at radius 2 is 1.25 bits per heavy atom. The van der Waals surface area contributed by atoms with Crippen LogP contribution in [0.25, 0.3) is 11.0 Å². The molecule has 0 spiro atoms. The van der Waals surface area contributed by atoms with Crippen molar-refractivity contribution in [2.24, 2.45) is 0 Å². The van der Waals surface area contributed by atoms with Crippen molar-refractivity contribution in [3.8, 4) is 0 Å². The highest BCUT2D eigenvalue weighted by Gasteiger charge is 2.37. The lowest BCUT2D eigenvalue weighted by Gasteiger charge is -2.38. The molecular formula is C44H47F5N4O4. The number of ketones is 2. The predicted molar refractivity (Wildman–Crippen MR) is 208 cm³/mol. The number of piperidine rings is 2. The van der Waals surface area contributed by atoms with E-state index >= 15 is 0 Å². The van der Waals surface area contributed by atoms with Gasteiger partial charge in [0, 0.05) is 56.2 Å². The summed E-state index contributed by atoms with van der Waals surface area (Å²) < 4.78 is 66.6. The SMILES string of the molecule is O=C(CCCN1CCC(O)(c2cccc(C(F)(F)F)c2)CC1)c1ccc(F)cc1.O=C(CCCN1CCC(n2c(=O)[nH]c3ccccc32)CC1)c1ccc(F)cc1. The van der Waals surface area contributed by atoms with E-state index in [9.17, 15) is 41.4 Å². The molecule has 1 aromatic heterocycles. The van der Waals surface area contributed by atoms with Crippen molar-refractivity contribution in [2.75, 3.05) is 39.3 Å². The van der Waals surface area contributed by atoms with Crippen LogP contribution in [0.5, 0.6) is 0 Å². The summed E-state index contributed by atoms with van der Waals surface area (Å²) in [6, 6.07) is 24.1. The highest BCUT2D eigenvalue weighted by molar-refractivity contribution is 5.96. The predicted octanol–water partition coefficient (Wildman–Crippen LogP) is 8.56. The number of carbonyl (C=O) groups is 2. The molecule has 8 nitrogen and oxygen atoms in total. The molecule has 5 aromatic rings. The Bertz CT molecular complexity index is 2170. The average molecular weight is 791 g/mol. The molecule has 2 aliphatic rings. The lowest BCUT2D eigenvalue weighted by molar-refractivity contribution is -0.137. The number of nitrogens with zero attached hydrogens (tertiary/aromatic N) is 3. The third-order valence-electron chi connectivity index (χ3n) is 11.0. The summed E-state index contributed by atoms with van der Waals surface area (Å²) in [6.07, 6.45) is 0.283. The molecule has 0 saturated carbocycles. The van der Waals surface area contributed by atoms with E-state index in [2.05, 4.69) is 14.8 Å². The van der Waals surface area contributed by atoms with Crippen molar-refractivity contribution in [3.63, 3.8) is 0 Å². The fourth-order valence-electron chi connectivity index (χ4n) is 7.74. The van der Waals surface area contributed by atoms with Crippen LogP contribution in [-0.2, 0) is 11.8 Å². The molecule has 7 rings (SSSR count). The van der Waals surface area contributed by atoms with E-state index in [0.29, 0.717) is 68.4 Å². The topological polar surface area (TPSA) is 98.6 Å². The Balaban J connectivity index is 0.000000193. The largest absolute Gasteiger partial charge is 0.416 e. The van der Waals surface area contributed by atoms with Gasteiger partial charge in [0.15, 0.2) is 11.6 Å². The molecule has 57 heavy (non-hydrogen) atoms. The zero-order valence-electron chi connectivity index (χ0n) is 31.6. The molecule has 2 aliphatic heterocycles.